The van der Waals surface area contributed by atoms with Crippen LogP contribution in [0.4, 0.5) is 0 Å². The summed E-state index contributed by atoms with van der Waals surface area (Å²) in [4.78, 5) is 22.3. The number of carbonyl (C=O) groups is 2. The normalized spacial score (nSPS) is 11.9. The third-order valence-electron chi connectivity index (χ3n) is 1.99. The van der Waals surface area contributed by atoms with E-state index in [0.29, 0.717) is 12.0 Å². The fraction of sp³-hybridized carbons (Fsp3) is 0.273. The molecule has 0 fully saturated rings. The quantitative estimate of drug-likeness (QED) is 0.797. The van der Waals surface area contributed by atoms with Crippen LogP contribution in [-0.4, -0.2) is 11.1 Å². The van der Waals surface area contributed by atoms with E-state index in [9.17, 15) is 9.59 Å². The van der Waals surface area contributed by atoms with Crippen LogP contribution in [0.2, 0.25) is 0 Å². The molecule has 1 rings (SSSR count). The van der Waals surface area contributed by atoms with Gasteiger partial charge in [0.2, 0.25) is 11.1 Å². The van der Waals surface area contributed by atoms with Gasteiger partial charge in [0.25, 0.3) is 0 Å². The maximum Gasteiger partial charge on any atom is 0.248 e. The van der Waals surface area contributed by atoms with E-state index in [1.807, 2.05) is 6.07 Å². The fourth-order valence-electron chi connectivity index (χ4n) is 1.18. The van der Waals surface area contributed by atoms with Crippen molar-refractivity contribution in [3.63, 3.8) is 0 Å². The van der Waals surface area contributed by atoms with Crippen LogP contribution in [-0.2, 0) is 9.59 Å². The molecule has 0 heterocycles. The van der Waals surface area contributed by atoms with Gasteiger partial charge < -0.3 is 5.32 Å². The lowest BCUT2D eigenvalue weighted by Gasteiger charge is -2.14. The van der Waals surface area contributed by atoms with Gasteiger partial charge in [-0.15, -0.1) is 0 Å². The van der Waals surface area contributed by atoms with E-state index in [4.69, 9.17) is 11.6 Å². The van der Waals surface area contributed by atoms with Crippen molar-refractivity contribution >= 4 is 22.8 Å². The molecule has 1 aromatic carbocycles. The van der Waals surface area contributed by atoms with Crippen molar-refractivity contribution in [2.75, 3.05) is 0 Å². The molecule has 1 N–H and O–H groups in total. The van der Waals surface area contributed by atoms with Crippen molar-refractivity contribution < 1.29 is 9.59 Å². The van der Waals surface area contributed by atoms with Gasteiger partial charge in [-0.3, -0.25) is 9.59 Å². The van der Waals surface area contributed by atoms with Crippen LogP contribution in [0.3, 0.4) is 0 Å². The Morgan fingerprint density at radius 3 is 2.40 bits per heavy atom. The van der Waals surface area contributed by atoms with Crippen molar-refractivity contribution in [2.45, 2.75) is 19.4 Å². The van der Waals surface area contributed by atoms with Gasteiger partial charge in [0.15, 0.2) is 0 Å². The van der Waals surface area contributed by atoms with Gasteiger partial charge in [0.05, 0.1) is 0 Å². The van der Waals surface area contributed by atoms with Crippen LogP contribution in [0.1, 0.15) is 24.9 Å². The smallest absolute Gasteiger partial charge is 0.248 e. The van der Waals surface area contributed by atoms with E-state index in [0.717, 1.165) is 0 Å². The predicted molar refractivity (Wildman–Crippen MR) is 58.5 cm³/mol. The number of hydrogen-bond acceptors (Lipinski definition) is 2. The molecule has 0 radical (unpaired) electrons. The predicted octanol–water partition coefficient (Wildman–Crippen LogP) is 2.02. The van der Waals surface area contributed by atoms with E-state index in [2.05, 4.69) is 5.32 Å². The number of halogens is 1. The highest BCUT2D eigenvalue weighted by atomic mass is 35.5. The zero-order valence-electron chi connectivity index (χ0n) is 8.37. The second-order valence-corrected chi connectivity index (χ2v) is 3.44. The van der Waals surface area contributed by atoms with Gasteiger partial charge in [0, 0.05) is 6.42 Å². The average molecular weight is 226 g/mol. The van der Waals surface area contributed by atoms with E-state index in [1.54, 1.807) is 31.2 Å². The molecule has 1 aromatic rings. The summed E-state index contributed by atoms with van der Waals surface area (Å²) in [6.07, 6.45) is 0.327. The first-order valence-corrected chi connectivity index (χ1v) is 5.06. The topological polar surface area (TPSA) is 46.2 Å². The standard InChI is InChI=1S/C11H12ClNO2/c1-2-9(14)13-10(11(12)15)8-6-4-3-5-7-8/h3-7,10H,2H2,1H3,(H,13,14). The van der Waals surface area contributed by atoms with Gasteiger partial charge in [-0.25, -0.2) is 0 Å². The van der Waals surface area contributed by atoms with Crippen molar-refractivity contribution in [3.05, 3.63) is 35.9 Å². The molecule has 0 aliphatic rings. The number of nitrogens with one attached hydrogen (secondary N) is 1. The van der Waals surface area contributed by atoms with Gasteiger partial charge >= 0.3 is 0 Å². The molecule has 4 heteroatoms. The van der Waals surface area contributed by atoms with Gasteiger partial charge in [-0.2, -0.15) is 0 Å². The van der Waals surface area contributed by atoms with E-state index in [1.165, 1.54) is 0 Å². The minimum absolute atomic E-state index is 0.196. The first kappa shape index (κ1) is 11.7. The SMILES string of the molecule is CCC(=O)NC(C(=O)Cl)c1ccccc1. The Morgan fingerprint density at radius 2 is 1.93 bits per heavy atom. The highest BCUT2D eigenvalue weighted by Gasteiger charge is 2.19. The first-order chi connectivity index (χ1) is 7.15. The second-order valence-electron chi connectivity index (χ2n) is 3.07. The number of hydrogen-bond donors (Lipinski definition) is 1. The van der Waals surface area contributed by atoms with Crippen LogP contribution in [0.15, 0.2) is 30.3 Å². The number of rotatable bonds is 4. The summed E-state index contributed by atoms with van der Waals surface area (Å²) < 4.78 is 0. The Balaban J connectivity index is 2.84. The molecule has 0 saturated carbocycles. The van der Waals surface area contributed by atoms with Crippen molar-refractivity contribution in [2.24, 2.45) is 0 Å². The Morgan fingerprint density at radius 1 is 1.33 bits per heavy atom. The molecule has 1 atom stereocenters. The van der Waals surface area contributed by atoms with Crippen molar-refractivity contribution in [1.29, 1.82) is 0 Å². The highest BCUT2D eigenvalue weighted by molar-refractivity contribution is 6.64. The molecule has 0 bridgehead atoms. The van der Waals surface area contributed by atoms with Crippen LogP contribution >= 0.6 is 11.6 Å². The van der Waals surface area contributed by atoms with Gasteiger partial charge in [0.1, 0.15) is 6.04 Å². The molecular formula is C11H12ClNO2. The Kier molecular flexibility index (Phi) is 4.31. The third kappa shape index (κ3) is 3.36. The van der Waals surface area contributed by atoms with Crippen molar-refractivity contribution in [3.8, 4) is 0 Å². The molecule has 0 aliphatic heterocycles. The maximum absolute atomic E-state index is 11.2. The van der Waals surface area contributed by atoms with Crippen LogP contribution in [0.25, 0.3) is 0 Å². The zero-order chi connectivity index (χ0) is 11.3. The lowest BCUT2D eigenvalue weighted by Crippen LogP contribution is -2.31. The molecule has 0 aliphatic carbocycles. The summed E-state index contributed by atoms with van der Waals surface area (Å²) >= 11 is 5.43. The minimum atomic E-state index is -0.750. The summed E-state index contributed by atoms with van der Waals surface area (Å²) in [6, 6.07) is 8.17. The molecule has 80 valence electrons. The molecule has 0 aromatic heterocycles. The molecule has 15 heavy (non-hydrogen) atoms. The maximum atomic E-state index is 11.2. The summed E-state index contributed by atoms with van der Waals surface area (Å²) in [7, 11) is 0. The van der Waals surface area contributed by atoms with E-state index in [-0.39, 0.29) is 5.91 Å². The monoisotopic (exact) mass is 225 g/mol. The molecular weight excluding hydrogens is 214 g/mol. The molecule has 3 nitrogen and oxygen atoms in total. The molecule has 0 spiro atoms. The highest BCUT2D eigenvalue weighted by Crippen LogP contribution is 2.15. The number of carbonyl (C=O) groups excluding carboxylic acids is 2. The summed E-state index contributed by atoms with van der Waals surface area (Å²) in [5.74, 6) is -0.196. The molecule has 1 amide bonds. The number of benzene rings is 1. The minimum Gasteiger partial charge on any atom is -0.341 e. The van der Waals surface area contributed by atoms with Gasteiger partial charge in [-0.05, 0) is 17.2 Å². The van der Waals surface area contributed by atoms with Crippen LogP contribution in [0, 0.1) is 0 Å². The Bertz CT molecular complexity index is 351. The van der Waals surface area contributed by atoms with E-state index < -0.39 is 11.3 Å². The average Bonchev–Trinajstić information content (AvgIpc) is 2.26. The molecule has 0 saturated heterocycles. The molecule has 1 unspecified atom stereocenters. The third-order valence-corrected chi connectivity index (χ3v) is 2.20. The largest absolute Gasteiger partial charge is 0.341 e. The number of amides is 1. The summed E-state index contributed by atoms with van der Waals surface area (Å²) in [5, 5.41) is 1.98. The lowest BCUT2D eigenvalue weighted by molar-refractivity contribution is -0.124. The Hall–Kier alpha value is -1.35. The second kappa shape index (κ2) is 5.51. The Labute approximate surface area is 93.4 Å². The van der Waals surface area contributed by atoms with Gasteiger partial charge in [-0.1, -0.05) is 37.3 Å². The zero-order valence-corrected chi connectivity index (χ0v) is 9.12. The summed E-state index contributed by atoms with van der Waals surface area (Å²) in [6.45, 7) is 1.72. The van der Waals surface area contributed by atoms with E-state index >= 15 is 0 Å². The van der Waals surface area contributed by atoms with Crippen LogP contribution in [0.5, 0.6) is 0 Å². The summed E-state index contributed by atoms with van der Waals surface area (Å²) in [5.41, 5.74) is 0.694. The van der Waals surface area contributed by atoms with Crippen LogP contribution < -0.4 is 5.32 Å². The fourth-order valence-corrected chi connectivity index (χ4v) is 1.36. The van der Waals surface area contributed by atoms with Crippen molar-refractivity contribution in [1.82, 2.24) is 5.32 Å². The first-order valence-electron chi connectivity index (χ1n) is 4.68. The lowest BCUT2D eigenvalue weighted by atomic mass is 10.1.